The van der Waals surface area contributed by atoms with Crippen LogP contribution in [0.5, 0.6) is 0 Å². The van der Waals surface area contributed by atoms with Crippen molar-refractivity contribution in [1.29, 1.82) is 0 Å². The summed E-state index contributed by atoms with van der Waals surface area (Å²) >= 11 is 1.76. The molecular weight excluding hydrogens is 314 g/mol. The van der Waals surface area contributed by atoms with Gasteiger partial charge in [0, 0.05) is 31.2 Å². The molecule has 1 aliphatic rings. The van der Waals surface area contributed by atoms with Crippen LogP contribution in [0.15, 0.2) is 35.8 Å². The molecule has 0 N–H and O–H groups in total. The highest BCUT2D eigenvalue weighted by molar-refractivity contribution is 7.09. The normalized spacial score (nSPS) is 19.0. The predicted octanol–water partition coefficient (Wildman–Crippen LogP) is 3.84. The van der Waals surface area contributed by atoms with Gasteiger partial charge < -0.3 is 4.90 Å². The summed E-state index contributed by atoms with van der Waals surface area (Å²) in [6, 6.07) is 8.80. The van der Waals surface area contributed by atoms with Gasteiger partial charge in [-0.2, -0.15) is 0 Å². The van der Waals surface area contributed by atoms with Crippen LogP contribution >= 0.6 is 11.3 Å². The van der Waals surface area contributed by atoms with Crippen molar-refractivity contribution in [3.8, 4) is 0 Å². The second kappa shape index (κ2) is 8.75. The monoisotopic (exact) mass is 343 g/mol. The number of likely N-dealkylation sites (tertiary alicyclic amines) is 1. The highest BCUT2D eigenvalue weighted by Crippen LogP contribution is 2.19. The largest absolute Gasteiger partial charge is 0.303 e. The Morgan fingerprint density at radius 1 is 1.33 bits per heavy atom. The van der Waals surface area contributed by atoms with Gasteiger partial charge in [0.1, 0.15) is 5.01 Å². The average Bonchev–Trinajstić information content (AvgIpc) is 3.07. The third kappa shape index (κ3) is 5.13. The van der Waals surface area contributed by atoms with Crippen LogP contribution in [-0.4, -0.2) is 48.0 Å². The van der Waals surface area contributed by atoms with Crippen LogP contribution in [0.25, 0.3) is 0 Å². The lowest BCUT2D eigenvalue weighted by Crippen LogP contribution is -2.40. The van der Waals surface area contributed by atoms with E-state index < -0.39 is 0 Å². The van der Waals surface area contributed by atoms with Gasteiger partial charge >= 0.3 is 0 Å². The molecule has 2 heterocycles. The molecule has 0 saturated carbocycles. The molecule has 0 bridgehead atoms. The zero-order valence-corrected chi connectivity index (χ0v) is 15.8. The number of benzene rings is 1. The Morgan fingerprint density at radius 3 is 3.00 bits per heavy atom. The maximum atomic E-state index is 4.40. The quantitative estimate of drug-likeness (QED) is 0.761. The van der Waals surface area contributed by atoms with Crippen LogP contribution in [0.2, 0.25) is 0 Å². The van der Waals surface area contributed by atoms with Gasteiger partial charge in [0.15, 0.2) is 0 Å². The SMILES string of the molecule is Cc1ccccc1CCN1CCCC(CN(C)Cc2nccs2)C1. The molecule has 24 heavy (non-hydrogen) atoms. The van der Waals surface area contributed by atoms with Crippen LogP contribution in [-0.2, 0) is 13.0 Å². The molecule has 3 nitrogen and oxygen atoms in total. The third-order valence-electron chi connectivity index (χ3n) is 5.02. The fourth-order valence-corrected chi connectivity index (χ4v) is 4.44. The van der Waals surface area contributed by atoms with Crippen molar-refractivity contribution in [3.05, 3.63) is 52.0 Å². The van der Waals surface area contributed by atoms with Gasteiger partial charge in [-0.1, -0.05) is 24.3 Å². The van der Waals surface area contributed by atoms with Crippen LogP contribution in [0, 0.1) is 12.8 Å². The van der Waals surface area contributed by atoms with E-state index in [1.807, 2.05) is 6.20 Å². The molecule has 2 aromatic rings. The van der Waals surface area contributed by atoms with Crippen LogP contribution in [0.4, 0.5) is 0 Å². The van der Waals surface area contributed by atoms with E-state index in [4.69, 9.17) is 0 Å². The van der Waals surface area contributed by atoms with Crippen molar-refractivity contribution >= 4 is 11.3 Å². The molecule has 1 atom stereocenters. The summed E-state index contributed by atoms with van der Waals surface area (Å²) in [5.41, 5.74) is 2.93. The van der Waals surface area contributed by atoms with E-state index >= 15 is 0 Å². The molecule has 1 fully saturated rings. The first-order chi connectivity index (χ1) is 11.7. The molecule has 0 aliphatic carbocycles. The highest BCUT2D eigenvalue weighted by atomic mass is 32.1. The second-order valence-corrected chi connectivity index (χ2v) is 8.09. The van der Waals surface area contributed by atoms with Gasteiger partial charge in [-0.15, -0.1) is 11.3 Å². The molecule has 1 unspecified atom stereocenters. The smallest absolute Gasteiger partial charge is 0.107 e. The number of hydrogen-bond acceptors (Lipinski definition) is 4. The number of piperidine rings is 1. The first kappa shape index (κ1) is 17.6. The fourth-order valence-electron chi connectivity index (χ4n) is 3.74. The molecule has 1 saturated heterocycles. The first-order valence-corrected chi connectivity index (χ1v) is 9.92. The van der Waals surface area contributed by atoms with Crippen molar-refractivity contribution < 1.29 is 0 Å². The van der Waals surface area contributed by atoms with E-state index in [2.05, 4.69) is 58.4 Å². The van der Waals surface area contributed by atoms with Gasteiger partial charge in [0.2, 0.25) is 0 Å². The molecule has 1 aromatic carbocycles. The number of nitrogens with zero attached hydrogens (tertiary/aromatic N) is 3. The Labute approximate surface area is 150 Å². The number of aromatic nitrogens is 1. The minimum atomic E-state index is 0.792. The van der Waals surface area contributed by atoms with Gasteiger partial charge in [0.05, 0.1) is 6.54 Å². The third-order valence-corrected chi connectivity index (χ3v) is 5.78. The lowest BCUT2D eigenvalue weighted by molar-refractivity contribution is 0.142. The van der Waals surface area contributed by atoms with Crippen LogP contribution < -0.4 is 0 Å². The molecule has 1 aromatic heterocycles. The van der Waals surface area contributed by atoms with Crippen molar-refractivity contribution in [2.24, 2.45) is 5.92 Å². The van der Waals surface area contributed by atoms with Crippen molar-refractivity contribution in [3.63, 3.8) is 0 Å². The van der Waals surface area contributed by atoms with E-state index in [1.54, 1.807) is 11.3 Å². The summed E-state index contributed by atoms with van der Waals surface area (Å²) in [7, 11) is 2.23. The first-order valence-electron chi connectivity index (χ1n) is 9.04. The van der Waals surface area contributed by atoms with E-state index in [9.17, 15) is 0 Å². The minimum Gasteiger partial charge on any atom is -0.303 e. The maximum absolute atomic E-state index is 4.40. The summed E-state index contributed by atoms with van der Waals surface area (Å²) < 4.78 is 0. The lowest BCUT2D eigenvalue weighted by Gasteiger charge is -2.34. The summed E-state index contributed by atoms with van der Waals surface area (Å²) in [4.78, 5) is 9.51. The summed E-state index contributed by atoms with van der Waals surface area (Å²) in [5.74, 6) is 0.792. The van der Waals surface area contributed by atoms with E-state index in [1.165, 1.54) is 61.6 Å². The number of thiazole rings is 1. The van der Waals surface area contributed by atoms with Crippen molar-refractivity contribution in [1.82, 2.24) is 14.8 Å². The van der Waals surface area contributed by atoms with Crippen molar-refractivity contribution in [2.75, 3.05) is 33.2 Å². The van der Waals surface area contributed by atoms with Gasteiger partial charge in [-0.05, 0) is 56.8 Å². The van der Waals surface area contributed by atoms with Gasteiger partial charge in [-0.3, -0.25) is 4.90 Å². The molecule has 3 rings (SSSR count). The maximum Gasteiger partial charge on any atom is 0.107 e. The number of hydrogen-bond donors (Lipinski definition) is 0. The van der Waals surface area contributed by atoms with E-state index in [-0.39, 0.29) is 0 Å². The van der Waals surface area contributed by atoms with Gasteiger partial charge in [0.25, 0.3) is 0 Å². The molecular formula is C20H29N3S. The van der Waals surface area contributed by atoms with Gasteiger partial charge in [-0.25, -0.2) is 4.98 Å². The minimum absolute atomic E-state index is 0.792. The number of rotatable bonds is 7. The molecule has 1 aliphatic heterocycles. The van der Waals surface area contributed by atoms with Crippen LogP contribution in [0.1, 0.15) is 29.0 Å². The fraction of sp³-hybridized carbons (Fsp3) is 0.550. The highest BCUT2D eigenvalue weighted by Gasteiger charge is 2.21. The Bertz CT molecular complexity index is 611. The molecule has 130 valence electrons. The Hall–Kier alpha value is -1.23. The Balaban J connectivity index is 1.45. The lowest BCUT2D eigenvalue weighted by atomic mass is 9.96. The van der Waals surface area contributed by atoms with E-state index in [0.717, 1.165) is 12.5 Å². The number of aryl methyl sites for hydroxylation is 1. The molecule has 0 amide bonds. The molecule has 4 heteroatoms. The standard InChI is InChI=1S/C20H29N3S/c1-17-6-3-4-8-19(17)9-12-23-11-5-7-18(15-23)14-22(2)16-20-21-10-13-24-20/h3-4,6,8,10,13,18H,5,7,9,11-12,14-16H2,1-2H3. The molecule has 0 radical (unpaired) electrons. The van der Waals surface area contributed by atoms with Crippen molar-refractivity contribution in [2.45, 2.75) is 32.7 Å². The van der Waals surface area contributed by atoms with E-state index in [0.29, 0.717) is 0 Å². The summed E-state index contributed by atoms with van der Waals surface area (Å²) in [6.45, 7) is 8.09. The average molecular weight is 344 g/mol. The predicted molar refractivity (Wildman–Crippen MR) is 102 cm³/mol. The second-order valence-electron chi connectivity index (χ2n) is 7.11. The van der Waals surface area contributed by atoms with Crippen LogP contribution in [0.3, 0.4) is 0 Å². The zero-order chi connectivity index (χ0) is 16.8. The Morgan fingerprint density at radius 2 is 2.21 bits per heavy atom. The Kier molecular flexibility index (Phi) is 6.41. The molecule has 0 spiro atoms. The topological polar surface area (TPSA) is 19.4 Å². The summed E-state index contributed by atoms with van der Waals surface area (Å²) in [6.07, 6.45) is 5.78. The zero-order valence-electron chi connectivity index (χ0n) is 14.9. The summed E-state index contributed by atoms with van der Waals surface area (Å²) in [5, 5.41) is 3.29.